The summed E-state index contributed by atoms with van der Waals surface area (Å²) >= 11 is 0. The third-order valence-corrected chi connectivity index (χ3v) is 6.45. The lowest BCUT2D eigenvalue weighted by Gasteiger charge is -2.25. The van der Waals surface area contributed by atoms with E-state index in [0.717, 1.165) is 31.4 Å². The number of ether oxygens (including phenoxy) is 1. The first-order valence-electron chi connectivity index (χ1n) is 11.0. The second-order valence-corrected chi connectivity index (χ2v) is 8.88. The molecule has 168 valence electrons. The Kier molecular flexibility index (Phi) is 5.92. The lowest BCUT2D eigenvalue weighted by molar-refractivity contribution is -0.137. The molecule has 1 aromatic heterocycles. The number of hydrogen-bond donors (Lipinski definition) is 2. The Labute approximate surface area is 180 Å². The van der Waals surface area contributed by atoms with Crippen molar-refractivity contribution in [3.8, 4) is 5.75 Å². The second-order valence-electron chi connectivity index (χ2n) is 8.88. The molecular weight excluding hydrogens is 401 g/mol. The van der Waals surface area contributed by atoms with E-state index in [9.17, 15) is 9.59 Å². The van der Waals surface area contributed by atoms with Crippen molar-refractivity contribution in [1.82, 2.24) is 4.57 Å². The van der Waals surface area contributed by atoms with Crippen molar-refractivity contribution in [2.24, 2.45) is 11.7 Å². The van der Waals surface area contributed by atoms with Gasteiger partial charge in [0, 0.05) is 43.0 Å². The largest absolute Gasteiger partial charge is 0.493 e. The molecule has 1 saturated heterocycles. The molecule has 1 aliphatic carbocycles. The molecule has 3 N–H and O–H groups in total. The highest BCUT2D eigenvalue weighted by Gasteiger charge is 2.32. The topological polar surface area (TPSA) is 97.8 Å². The highest BCUT2D eigenvalue weighted by molar-refractivity contribution is 5.92. The van der Waals surface area contributed by atoms with Gasteiger partial charge in [-0.1, -0.05) is 0 Å². The molecule has 0 radical (unpaired) electrons. The number of nitrogens with two attached hydrogens (primary N) is 1. The van der Waals surface area contributed by atoms with Gasteiger partial charge in [0.2, 0.25) is 0 Å². The van der Waals surface area contributed by atoms with Crippen LogP contribution in [-0.4, -0.2) is 41.4 Å². The Morgan fingerprint density at radius 2 is 2.10 bits per heavy atom. The maximum absolute atomic E-state index is 15.4. The lowest BCUT2D eigenvalue weighted by Crippen LogP contribution is -2.30. The third kappa shape index (κ3) is 4.26. The number of pyridine rings is 1. The van der Waals surface area contributed by atoms with Gasteiger partial charge in [-0.3, -0.25) is 9.59 Å². The Bertz CT molecular complexity index is 1060. The Hall–Kier alpha value is -2.61. The Morgan fingerprint density at radius 1 is 1.35 bits per heavy atom. The quantitative estimate of drug-likeness (QED) is 0.623. The minimum absolute atomic E-state index is 0.0235. The van der Waals surface area contributed by atoms with Crippen molar-refractivity contribution in [3.63, 3.8) is 0 Å². The molecule has 2 aromatic rings. The predicted molar refractivity (Wildman–Crippen MR) is 118 cm³/mol. The van der Waals surface area contributed by atoms with Crippen molar-refractivity contribution in [2.75, 3.05) is 24.6 Å². The number of nitrogens with zero attached hydrogens (tertiary/aromatic N) is 2. The molecule has 2 heterocycles. The molecule has 1 saturated carbocycles. The van der Waals surface area contributed by atoms with Crippen molar-refractivity contribution >= 4 is 22.6 Å². The van der Waals surface area contributed by atoms with Gasteiger partial charge in [0.15, 0.2) is 0 Å². The highest BCUT2D eigenvalue weighted by atomic mass is 19.1. The van der Waals surface area contributed by atoms with Crippen LogP contribution in [-0.2, 0) is 4.79 Å². The molecule has 0 unspecified atom stereocenters. The number of carboxylic acids is 1. The van der Waals surface area contributed by atoms with Gasteiger partial charge in [0.05, 0.1) is 17.8 Å². The van der Waals surface area contributed by atoms with Crippen LogP contribution in [0.2, 0.25) is 0 Å². The first-order valence-corrected chi connectivity index (χ1v) is 11.0. The molecular formula is C23H30FN3O4. The average molecular weight is 432 g/mol. The number of fused-ring (bicyclic) bond motifs is 1. The van der Waals surface area contributed by atoms with Gasteiger partial charge >= 0.3 is 5.97 Å². The first-order chi connectivity index (χ1) is 14.8. The summed E-state index contributed by atoms with van der Waals surface area (Å²) in [6.07, 6.45) is 3.06. The van der Waals surface area contributed by atoms with Gasteiger partial charge in [0.25, 0.3) is 5.56 Å². The fourth-order valence-corrected chi connectivity index (χ4v) is 4.65. The average Bonchev–Trinajstić information content (AvgIpc) is 3.41. The summed E-state index contributed by atoms with van der Waals surface area (Å²) in [5.74, 6) is -0.624. The molecule has 1 aliphatic heterocycles. The molecule has 2 fully saturated rings. The molecule has 4 rings (SSSR count). The van der Waals surface area contributed by atoms with Crippen LogP contribution in [0, 0.1) is 18.7 Å². The van der Waals surface area contributed by atoms with E-state index in [4.69, 9.17) is 15.6 Å². The van der Waals surface area contributed by atoms with Crippen LogP contribution >= 0.6 is 0 Å². The molecule has 0 amide bonds. The maximum Gasteiger partial charge on any atom is 0.303 e. The monoisotopic (exact) mass is 431 g/mol. The van der Waals surface area contributed by atoms with Crippen molar-refractivity contribution in [3.05, 3.63) is 33.9 Å². The minimum Gasteiger partial charge on any atom is -0.493 e. The van der Waals surface area contributed by atoms with Crippen LogP contribution in [0.4, 0.5) is 10.1 Å². The maximum atomic E-state index is 15.4. The molecule has 8 heteroatoms. The number of aryl methyl sites for hydroxylation is 1. The molecule has 0 spiro atoms. The number of carbonyl (C=O) groups is 1. The summed E-state index contributed by atoms with van der Waals surface area (Å²) < 4.78 is 22.9. The van der Waals surface area contributed by atoms with Gasteiger partial charge in [0.1, 0.15) is 11.6 Å². The zero-order valence-electron chi connectivity index (χ0n) is 18.1. The van der Waals surface area contributed by atoms with Gasteiger partial charge in [-0.2, -0.15) is 0 Å². The number of benzene rings is 1. The van der Waals surface area contributed by atoms with Crippen molar-refractivity contribution in [1.29, 1.82) is 0 Å². The smallest absolute Gasteiger partial charge is 0.303 e. The number of anilines is 1. The first kappa shape index (κ1) is 21.6. The third-order valence-electron chi connectivity index (χ3n) is 6.45. The van der Waals surface area contributed by atoms with Crippen LogP contribution < -0.4 is 20.9 Å². The zero-order valence-corrected chi connectivity index (χ0v) is 18.1. The Morgan fingerprint density at radius 3 is 2.71 bits per heavy atom. The molecule has 2 atom stereocenters. The standard InChI is InChI=1S/C23H30FN3O4/c1-13-22-17(10-18(24)23(13)26-8-7-15(12-26)14(2)25)19(31-9-3-4-21(29)30)11-20(28)27(22)16-5-6-16/h10-11,14-16H,3-9,12,25H2,1-2H3,(H,29,30)/t14-,15+/m0/s1. The summed E-state index contributed by atoms with van der Waals surface area (Å²) in [5.41, 5.74) is 7.89. The van der Waals surface area contributed by atoms with E-state index >= 15 is 4.39 Å². The molecule has 7 nitrogen and oxygen atoms in total. The van der Waals surface area contributed by atoms with Crippen LogP contribution in [0.1, 0.15) is 50.6 Å². The van der Waals surface area contributed by atoms with Crippen LogP contribution in [0.3, 0.4) is 0 Å². The summed E-state index contributed by atoms with van der Waals surface area (Å²) in [7, 11) is 0. The number of halogens is 1. The fourth-order valence-electron chi connectivity index (χ4n) is 4.65. The van der Waals surface area contributed by atoms with Crippen molar-refractivity contribution < 1.29 is 19.0 Å². The van der Waals surface area contributed by atoms with E-state index in [1.165, 1.54) is 12.1 Å². The SMILES string of the molecule is Cc1c(N2CC[C@@H]([C@H](C)N)C2)c(F)cc2c(OCCCC(=O)O)cc(=O)n(C3CC3)c12. The molecule has 2 aliphatic rings. The molecule has 1 aromatic carbocycles. The Balaban J connectivity index is 1.78. The minimum atomic E-state index is -0.903. The highest BCUT2D eigenvalue weighted by Crippen LogP contribution is 2.42. The number of aromatic nitrogens is 1. The van der Waals surface area contributed by atoms with Gasteiger partial charge in [-0.05, 0) is 57.1 Å². The summed E-state index contributed by atoms with van der Waals surface area (Å²) in [4.78, 5) is 25.7. The molecule has 31 heavy (non-hydrogen) atoms. The summed E-state index contributed by atoms with van der Waals surface area (Å²) in [6, 6.07) is 3.04. The number of rotatable bonds is 8. The zero-order chi connectivity index (χ0) is 22.3. The van der Waals surface area contributed by atoms with Crippen LogP contribution in [0.15, 0.2) is 16.9 Å². The summed E-state index contributed by atoms with van der Waals surface area (Å²) in [5, 5.41) is 9.38. The molecule has 0 bridgehead atoms. The van der Waals surface area contributed by atoms with E-state index in [1.54, 1.807) is 4.57 Å². The lowest BCUT2D eigenvalue weighted by atomic mass is 10.0. The van der Waals surface area contributed by atoms with Crippen LogP contribution in [0.25, 0.3) is 10.9 Å². The predicted octanol–water partition coefficient (Wildman–Crippen LogP) is 3.20. The number of carboxylic acid groups (broad SMARTS) is 1. The number of hydrogen-bond acceptors (Lipinski definition) is 5. The van der Waals surface area contributed by atoms with E-state index in [-0.39, 0.29) is 36.5 Å². The van der Waals surface area contributed by atoms with Crippen LogP contribution in [0.5, 0.6) is 5.75 Å². The second kappa shape index (κ2) is 8.49. The van der Waals surface area contributed by atoms with E-state index in [1.807, 2.05) is 18.7 Å². The number of aliphatic carboxylic acids is 1. The van der Waals surface area contributed by atoms with Crippen molar-refractivity contribution in [2.45, 2.75) is 58.0 Å². The van der Waals surface area contributed by atoms with Gasteiger partial charge < -0.3 is 25.0 Å². The van der Waals surface area contributed by atoms with Gasteiger partial charge in [-0.15, -0.1) is 0 Å². The normalized spacial score (nSPS) is 19.7. The van der Waals surface area contributed by atoms with Gasteiger partial charge in [-0.25, -0.2) is 4.39 Å². The summed E-state index contributed by atoms with van der Waals surface area (Å²) in [6.45, 7) is 5.43. The fraction of sp³-hybridized carbons (Fsp3) is 0.565. The van der Waals surface area contributed by atoms with E-state index < -0.39 is 5.97 Å². The van der Waals surface area contributed by atoms with E-state index in [2.05, 4.69) is 0 Å². The van der Waals surface area contributed by atoms with E-state index in [0.29, 0.717) is 41.2 Å².